The summed E-state index contributed by atoms with van der Waals surface area (Å²) in [6, 6.07) is 5.81. The van der Waals surface area contributed by atoms with Crippen LogP contribution in [0.2, 0.25) is 0 Å². The number of nitrogens with zero attached hydrogens (tertiary/aromatic N) is 1. The van der Waals surface area contributed by atoms with E-state index in [1.807, 2.05) is 36.9 Å². The summed E-state index contributed by atoms with van der Waals surface area (Å²) in [4.78, 5) is 25.7. The first kappa shape index (κ1) is 19.1. The van der Waals surface area contributed by atoms with Crippen LogP contribution in [0.5, 0.6) is 11.5 Å². The lowest BCUT2D eigenvalue weighted by atomic mass is 10.1. The monoisotopic (exact) mass is 348 g/mol. The molecule has 25 heavy (non-hydrogen) atoms. The van der Waals surface area contributed by atoms with E-state index in [0.717, 1.165) is 12.0 Å². The largest absolute Gasteiger partial charge is 0.493 e. The van der Waals surface area contributed by atoms with Gasteiger partial charge in [-0.3, -0.25) is 9.59 Å². The molecule has 1 aliphatic heterocycles. The van der Waals surface area contributed by atoms with Crippen molar-refractivity contribution in [3.63, 3.8) is 0 Å². The second-order valence-corrected chi connectivity index (χ2v) is 6.75. The highest BCUT2D eigenvalue weighted by Crippen LogP contribution is 2.28. The molecule has 6 heteroatoms. The Balaban J connectivity index is 1.85. The Morgan fingerprint density at radius 3 is 2.64 bits per heavy atom. The van der Waals surface area contributed by atoms with Crippen LogP contribution >= 0.6 is 0 Å². The second-order valence-electron chi connectivity index (χ2n) is 6.75. The molecule has 1 N–H and O–H groups in total. The average molecular weight is 348 g/mol. The summed E-state index contributed by atoms with van der Waals surface area (Å²) in [5, 5.41) is 2.92. The molecule has 1 unspecified atom stereocenters. The highest BCUT2D eigenvalue weighted by atomic mass is 16.5. The SMILES string of the molecule is COc1ccc(CCN2CC(CNC(=O)C(C)C)CC2=O)cc1OC. The van der Waals surface area contributed by atoms with E-state index in [0.29, 0.717) is 37.6 Å². The van der Waals surface area contributed by atoms with Gasteiger partial charge in [-0.25, -0.2) is 0 Å². The van der Waals surface area contributed by atoms with E-state index in [4.69, 9.17) is 9.47 Å². The normalized spacial score (nSPS) is 17.1. The number of likely N-dealkylation sites (tertiary alicyclic amines) is 1. The summed E-state index contributed by atoms with van der Waals surface area (Å²) in [6.07, 6.45) is 1.27. The Morgan fingerprint density at radius 2 is 2.00 bits per heavy atom. The molecule has 0 spiro atoms. The summed E-state index contributed by atoms with van der Waals surface area (Å²) in [7, 11) is 3.22. The topological polar surface area (TPSA) is 67.9 Å². The molecule has 1 fully saturated rings. The van der Waals surface area contributed by atoms with Gasteiger partial charge in [0.05, 0.1) is 14.2 Å². The number of hydrogen-bond acceptors (Lipinski definition) is 4. The van der Waals surface area contributed by atoms with Gasteiger partial charge in [-0.15, -0.1) is 0 Å². The summed E-state index contributed by atoms with van der Waals surface area (Å²) in [6.45, 7) is 5.66. The van der Waals surface area contributed by atoms with E-state index in [9.17, 15) is 9.59 Å². The number of methoxy groups -OCH3 is 2. The molecule has 0 radical (unpaired) electrons. The second kappa shape index (κ2) is 8.74. The molecule has 2 amide bonds. The number of benzene rings is 1. The van der Waals surface area contributed by atoms with Crippen molar-refractivity contribution < 1.29 is 19.1 Å². The smallest absolute Gasteiger partial charge is 0.223 e. The molecule has 138 valence electrons. The minimum absolute atomic E-state index is 0.0294. The van der Waals surface area contributed by atoms with Crippen molar-refractivity contribution in [1.29, 1.82) is 0 Å². The van der Waals surface area contributed by atoms with Gasteiger partial charge in [0.1, 0.15) is 0 Å². The van der Waals surface area contributed by atoms with Gasteiger partial charge >= 0.3 is 0 Å². The van der Waals surface area contributed by atoms with E-state index in [1.165, 1.54) is 0 Å². The lowest BCUT2D eigenvalue weighted by Gasteiger charge is -2.18. The van der Waals surface area contributed by atoms with Crippen molar-refractivity contribution in [2.75, 3.05) is 33.9 Å². The van der Waals surface area contributed by atoms with Gasteiger partial charge < -0.3 is 19.7 Å². The quantitative estimate of drug-likeness (QED) is 0.779. The molecule has 2 rings (SSSR count). The van der Waals surface area contributed by atoms with E-state index < -0.39 is 0 Å². The minimum atomic E-state index is -0.0294. The highest BCUT2D eigenvalue weighted by molar-refractivity contribution is 5.80. The maximum Gasteiger partial charge on any atom is 0.223 e. The van der Waals surface area contributed by atoms with Crippen molar-refractivity contribution in [1.82, 2.24) is 10.2 Å². The summed E-state index contributed by atoms with van der Waals surface area (Å²) in [5.74, 6) is 1.76. The number of carbonyl (C=O) groups excluding carboxylic acids is 2. The fourth-order valence-corrected chi connectivity index (χ4v) is 2.96. The van der Waals surface area contributed by atoms with E-state index in [2.05, 4.69) is 5.32 Å². The lowest BCUT2D eigenvalue weighted by Crippen LogP contribution is -2.34. The van der Waals surface area contributed by atoms with E-state index in [-0.39, 0.29) is 23.7 Å². The molecule has 6 nitrogen and oxygen atoms in total. The van der Waals surface area contributed by atoms with Crippen LogP contribution in [0.15, 0.2) is 18.2 Å². The molecule has 0 saturated carbocycles. The van der Waals surface area contributed by atoms with Crippen LogP contribution in [0, 0.1) is 11.8 Å². The number of hydrogen-bond donors (Lipinski definition) is 1. The molecule has 0 aromatic heterocycles. The Morgan fingerprint density at radius 1 is 1.28 bits per heavy atom. The van der Waals surface area contributed by atoms with Crippen molar-refractivity contribution in [3.05, 3.63) is 23.8 Å². The summed E-state index contributed by atoms with van der Waals surface area (Å²) in [5.41, 5.74) is 1.10. The van der Waals surface area contributed by atoms with Gasteiger partial charge in [0, 0.05) is 37.9 Å². The van der Waals surface area contributed by atoms with Crippen molar-refractivity contribution in [2.45, 2.75) is 26.7 Å². The maximum atomic E-state index is 12.2. The van der Waals surface area contributed by atoms with Crippen LogP contribution < -0.4 is 14.8 Å². The third kappa shape index (κ3) is 5.11. The van der Waals surface area contributed by atoms with Gasteiger partial charge in [0.2, 0.25) is 11.8 Å². The zero-order valence-corrected chi connectivity index (χ0v) is 15.5. The predicted molar refractivity (Wildman–Crippen MR) is 95.8 cm³/mol. The number of rotatable bonds is 8. The zero-order chi connectivity index (χ0) is 18.4. The van der Waals surface area contributed by atoms with Crippen LogP contribution in [-0.4, -0.2) is 50.6 Å². The van der Waals surface area contributed by atoms with Crippen LogP contribution in [0.1, 0.15) is 25.8 Å². The number of ether oxygens (including phenoxy) is 2. The van der Waals surface area contributed by atoms with Crippen molar-refractivity contribution >= 4 is 11.8 Å². The third-order valence-corrected chi connectivity index (χ3v) is 4.50. The standard InChI is InChI=1S/C19H28N2O4/c1-13(2)19(23)20-11-15-10-18(22)21(12-15)8-7-14-5-6-16(24-3)17(9-14)25-4/h5-6,9,13,15H,7-8,10-12H2,1-4H3,(H,20,23). The summed E-state index contributed by atoms with van der Waals surface area (Å²) < 4.78 is 10.6. The first-order chi connectivity index (χ1) is 11.9. The zero-order valence-electron chi connectivity index (χ0n) is 15.5. The molecule has 1 atom stereocenters. The lowest BCUT2D eigenvalue weighted by molar-refractivity contribution is -0.128. The van der Waals surface area contributed by atoms with Crippen molar-refractivity contribution in [3.8, 4) is 11.5 Å². The van der Waals surface area contributed by atoms with Gasteiger partial charge in [0.25, 0.3) is 0 Å². The van der Waals surface area contributed by atoms with Gasteiger partial charge in [-0.1, -0.05) is 19.9 Å². The Bertz CT molecular complexity index is 615. The van der Waals surface area contributed by atoms with Gasteiger partial charge in [-0.2, -0.15) is 0 Å². The van der Waals surface area contributed by atoms with Crippen LogP contribution in [-0.2, 0) is 16.0 Å². The number of carbonyl (C=O) groups is 2. The maximum absolute atomic E-state index is 12.2. The molecule has 1 aliphatic rings. The van der Waals surface area contributed by atoms with Crippen molar-refractivity contribution in [2.24, 2.45) is 11.8 Å². The molecule has 0 bridgehead atoms. The molecule has 1 saturated heterocycles. The first-order valence-corrected chi connectivity index (χ1v) is 8.71. The molecule has 0 aliphatic carbocycles. The number of amides is 2. The molecule has 1 heterocycles. The highest BCUT2D eigenvalue weighted by Gasteiger charge is 2.29. The minimum Gasteiger partial charge on any atom is -0.493 e. The summed E-state index contributed by atoms with van der Waals surface area (Å²) >= 11 is 0. The Kier molecular flexibility index (Phi) is 6.67. The predicted octanol–water partition coefficient (Wildman–Crippen LogP) is 1.87. The van der Waals surface area contributed by atoms with Crippen LogP contribution in [0.4, 0.5) is 0 Å². The molecular formula is C19H28N2O4. The fourth-order valence-electron chi connectivity index (χ4n) is 2.96. The van der Waals surface area contributed by atoms with Crippen LogP contribution in [0.3, 0.4) is 0 Å². The third-order valence-electron chi connectivity index (χ3n) is 4.50. The molecular weight excluding hydrogens is 320 g/mol. The van der Waals surface area contributed by atoms with E-state index in [1.54, 1.807) is 14.2 Å². The molecule has 1 aromatic rings. The van der Waals surface area contributed by atoms with Crippen LogP contribution in [0.25, 0.3) is 0 Å². The number of nitrogens with one attached hydrogen (secondary N) is 1. The Hall–Kier alpha value is -2.24. The van der Waals surface area contributed by atoms with E-state index >= 15 is 0 Å². The first-order valence-electron chi connectivity index (χ1n) is 8.71. The van der Waals surface area contributed by atoms with Gasteiger partial charge in [0.15, 0.2) is 11.5 Å². The average Bonchev–Trinajstić information content (AvgIpc) is 2.97. The van der Waals surface area contributed by atoms with Gasteiger partial charge in [-0.05, 0) is 24.1 Å². The fraction of sp³-hybridized carbons (Fsp3) is 0.579. The molecule has 1 aromatic carbocycles. The Labute approximate surface area is 149 Å².